The van der Waals surface area contributed by atoms with Crippen LogP contribution in [0.25, 0.3) is 11.1 Å². The second-order valence-corrected chi connectivity index (χ2v) is 6.70. The van der Waals surface area contributed by atoms with Crippen molar-refractivity contribution in [2.24, 2.45) is 5.92 Å². The number of nitrogens with one attached hydrogen (secondary N) is 1. The standard InChI is InChI=1S/C20H18F2N4O/c21-15-7-8-16(25-20(27)17-6-1-2-9-23-17)19(22)18(15)14-10-24-26(12-14)11-13-4-3-5-13/h1-2,6-10,12-13H,3-5,11H2,(H,25,27). The predicted octanol–water partition coefficient (Wildman–Crippen LogP) is 4.28. The van der Waals surface area contributed by atoms with Crippen LogP contribution in [0.2, 0.25) is 0 Å². The molecule has 138 valence electrons. The highest BCUT2D eigenvalue weighted by Gasteiger charge is 2.21. The normalized spacial score (nSPS) is 14.0. The summed E-state index contributed by atoms with van der Waals surface area (Å²) in [5.74, 6) is -1.52. The number of pyridine rings is 1. The lowest BCUT2D eigenvalue weighted by molar-refractivity contribution is 0.102. The summed E-state index contributed by atoms with van der Waals surface area (Å²) in [7, 11) is 0. The van der Waals surface area contributed by atoms with E-state index in [0.29, 0.717) is 11.5 Å². The third-order valence-electron chi connectivity index (χ3n) is 4.83. The van der Waals surface area contributed by atoms with Crippen LogP contribution in [0.1, 0.15) is 29.8 Å². The minimum Gasteiger partial charge on any atom is -0.318 e. The molecule has 1 aliphatic carbocycles. The summed E-state index contributed by atoms with van der Waals surface area (Å²) in [6.07, 6.45) is 8.10. The van der Waals surface area contributed by atoms with Gasteiger partial charge < -0.3 is 5.32 Å². The third kappa shape index (κ3) is 3.58. The van der Waals surface area contributed by atoms with Crippen molar-refractivity contribution < 1.29 is 13.6 Å². The number of nitrogens with zero attached hydrogens (tertiary/aromatic N) is 3. The Kier molecular flexibility index (Phi) is 4.66. The van der Waals surface area contributed by atoms with Gasteiger partial charge in [0, 0.05) is 24.5 Å². The van der Waals surface area contributed by atoms with Gasteiger partial charge in [-0.3, -0.25) is 14.5 Å². The zero-order valence-corrected chi connectivity index (χ0v) is 14.5. The molecular formula is C20H18F2N4O. The Hall–Kier alpha value is -3.09. The fraction of sp³-hybridized carbons (Fsp3) is 0.250. The molecule has 0 saturated heterocycles. The second kappa shape index (κ2) is 7.26. The molecule has 0 unspecified atom stereocenters. The van der Waals surface area contributed by atoms with Gasteiger partial charge in [0.05, 0.1) is 17.4 Å². The molecule has 1 amide bonds. The number of benzene rings is 1. The third-order valence-corrected chi connectivity index (χ3v) is 4.83. The van der Waals surface area contributed by atoms with Crippen molar-refractivity contribution in [1.82, 2.24) is 14.8 Å². The maximum atomic E-state index is 14.9. The zero-order valence-electron chi connectivity index (χ0n) is 14.5. The Morgan fingerprint density at radius 3 is 2.78 bits per heavy atom. The number of halogens is 2. The van der Waals surface area contributed by atoms with E-state index in [1.807, 2.05) is 0 Å². The maximum Gasteiger partial charge on any atom is 0.274 e. The van der Waals surface area contributed by atoms with Gasteiger partial charge in [-0.1, -0.05) is 12.5 Å². The minimum atomic E-state index is -0.831. The van der Waals surface area contributed by atoms with Crippen molar-refractivity contribution in [2.75, 3.05) is 5.32 Å². The highest BCUT2D eigenvalue weighted by molar-refractivity contribution is 6.03. The Balaban J connectivity index is 1.60. The summed E-state index contributed by atoms with van der Waals surface area (Å²) in [6, 6.07) is 7.19. The van der Waals surface area contributed by atoms with Gasteiger partial charge in [0.1, 0.15) is 11.5 Å². The van der Waals surface area contributed by atoms with E-state index in [-0.39, 0.29) is 16.9 Å². The van der Waals surface area contributed by atoms with Crippen LogP contribution in [0, 0.1) is 17.6 Å². The number of rotatable bonds is 5. The number of anilines is 1. The van der Waals surface area contributed by atoms with E-state index < -0.39 is 17.5 Å². The Morgan fingerprint density at radius 2 is 2.07 bits per heavy atom. The van der Waals surface area contributed by atoms with Crippen LogP contribution >= 0.6 is 0 Å². The summed E-state index contributed by atoms with van der Waals surface area (Å²) >= 11 is 0. The van der Waals surface area contributed by atoms with Gasteiger partial charge in [0.25, 0.3) is 5.91 Å². The maximum absolute atomic E-state index is 14.9. The van der Waals surface area contributed by atoms with E-state index in [1.165, 1.54) is 30.9 Å². The SMILES string of the molecule is O=C(Nc1ccc(F)c(-c2cnn(CC3CCC3)c2)c1F)c1ccccn1. The smallest absolute Gasteiger partial charge is 0.274 e. The minimum absolute atomic E-state index is 0.103. The molecule has 1 N–H and O–H groups in total. The second-order valence-electron chi connectivity index (χ2n) is 6.70. The summed E-state index contributed by atoms with van der Waals surface area (Å²) in [4.78, 5) is 16.1. The first kappa shape index (κ1) is 17.3. The van der Waals surface area contributed by atoms with Crippen LogP contribution in [0.4, 0.5) is 14.5 Å². The largest absolute Gasteiger partial charge is 0.318 e. The number of amides is 1. The molecule has 1 saturated carbocycles. The van der Waals surface area contributed by atoms with Crippen molar-refractivity contribution in [3.8, 4) is 11.1 Å². The van der Waals surface area contributed by atoms with Crippen molar-refractivity contribution in [3.05, 3.63) is 66.3 Å². The molecule has 3 aromatic rings. The van der Waals surface area contributed by atoms with Crippen LogP contribution in [-0.2, 0) is 6.54 Å². The molecule has 0 bridgehead atoms. The zero-order chi connectivity index (χ0) is 18.8. The van der Waals surface area contributed by atoms with Crippen molar-refractivity contribution in [2.45, 2.75) is 25.8 Å². The number of carbonyl (C=O) groups is 1. The van der Waals surface area contributed by atoms with Gasteiger partial charge in [0.15, 0.2) is 5.82 Å². The number of hydrogen-bond acceptors (Lipinski definition) is 3. The van der Waals surface area contributed by atoms with E-state index in [1.54, 1.807) is 23.0 Å². The number of carbonyl (C=O) groups excluding carboxylic acids is 1. The molecule has 5 nitrogen and oxygen atoms in total. The lowest BCUT2D eigenvalue weighted by atomic mass is 9.85. The Morgan fingerprint density at radius 1 is 1.22 bits per heavy atom. The molecule has 27 heavy (non-hydrogen) atoms. The number of aromatic nitrogens is 3. The first-order valence-corrected chi connectivity index (χ1v) is 8.85. The molecule has 0 aliphatic heterocycles. The molecule has 0 radical (unpaired) electrons. The lowest BCUT2D eigenvalue weighted by Gasteiger charge is -2.24. The topological polar surface area (TPSA) is 59.8 Å². The quantitative estimate of drug-likeness (QED) is 0.731. The predicted molar refractivity (Wildman–Crippen MR) is 97.1 cm³/mol. The highest BCUT2D eigenvalue weighted by Crippen LogP contribution is 2.32. The van der Waals surface area contributed by atoms with Crippen molar-refractivity contribution in [1.29, 1.82) is 0 Å². The van der Waals surface area contributed by atoms with E-state index in [2.05, 4.69) is 15.4 Å². The van der Waals surface area contributed by atoms with Gasteiger partial charge in [-0.05, 0) is 43.0 Å². The van der Waals surface area contributed by atoms with Gasteiger partial charge in [0.2, 0.25) is 0 Å². The summed E-state index contributed by atoms with van der Waals surface area (Å²) in [5, 5.41) is 6.67. The molecular weight excluding hydrogens is 350 g/mol. The average Bonchev–Trinajstić information content (AvgIpc) is 3.10. The summed E-state index contributed by atoms with van der Waals surface area (Å²) in [6.45, 7) is 0.749. The summed E-state index contributed by atoms with van der Waals surface area (Å²) < 4.78 is 31.0. The van der Waals surface area contributed by atoms with Gasteiger partial charge in [-0.2, -0.15) is 5.10 Å². The van der Waals surface area contributed by atoms with Crippen LogP contribution in [0.15, 0.2) is 48.9 Å². The van der Waals surface area contributed by atoms with E-state index in [4.69, 9.17) is 0 Å². The number of hydrogen-bond donors (Lipinski definition) is 1. The van der Waals surface area contributed by atoms with Gasteiger partial charge >= 0.3 is 0 Å². The van der Waals surface area contributed by atoms with E-state index in [9.17, 15) is 13.6 Å². The van der Waals surface area contributed by atoms with E-state index in [0.717, 1.165) is 25.5 Å². The molecule has 7 heteroatoms. The average molecular weight is 368 g/mol. The van der Waals surface area contributed by atoms with E-state index >= 15 is 0 Å². The van der Waals surface area contributed by atoms with Crippen LogP contribution in [-0.4, -0.2) is 20.7 Å². The van der Waals surface area contributed by atoms with Crippen LogP contribution < -0.4 is 5.32 Å². The molecule has 1 fully saturated rings. The molecule has 2 heterocycles. The molecule has 2 aromatic heterocycles. The molecule has 0 atom stereocenters. The molecule has 0 spiro atoms. The highest BCUT2D eigenvalue weighted by atomic mass is 19.1. The van der Waals surface area contributed by atoms with Gasteiger partial charge in [-0.15, -0.1) is 0 Å². The first-order valence-electron chi connectivity index (χ1n) is 8.85. The molecule has 1 aliphatic rings. The Labute approximate surface area is 155 Å². The van der Waals surface area contributed by atoms with Crippen LogP contribution in [0.3, 0.4) is 0 Å². The van der Waals surface area contributed by atoms with Crippen molar-refractivity contribution in [3.63, 3.8) is 0 Å². The van der Waals surface area contributed by atoms with Crippen LogP contribution in [0.5, 0.6) is 0 Å². The Bertz CT molecular complexity index is 967. The lowest BCUT2D eigenvalue weighted by Crippen LogP contribution is -2.18. The van der Waals surface area contributed by atoms with Crippen molar-refractivity contribution >= 4 is 11.6 Å². The first-order chi connectivity index (χ1) is 13.1. The van der Waals surface area contributed by atoms with Gasteiger partial charge in [-0.25, -0.2) is 8.78 Å². The molecule has 4 rings (SSSR count). The fourth-order valence-electron chi connectivity index (χ4n) is 3.13. The monoisotopic (exact) mass is 368 g/mol. The molecule has 1 aromatic carbocycles. The summed E-state index contributed by atoms with van der Waals surface area (Å²) in [5.41, 5.74) is 0.192. The fourth-order valence-corrected chi connectivity index (χ4v) is 3.13.